The highest BCUT2D eigenvalue weighted by Gasteiger charge is 2.22. The van der Waals surface area contributed by atoms with E-state index in [1.54, 1.807) is 35.2 Å². The lowest BCUT2D eigenvalue weighted by Crippen LogP contribution is -2.33. The lowest BCUT2D eigenvalue weighted by atomic mass is 10.2. The third kappa shape index (κ3) is 3.93. The third-order valence-electron chi connectivity index (χ3n) is 4.33. The Morgan fingerprint density at radius 1 is 1.24 bits per heavy atom. The zero-order valence-electron chi connectivity index (χ0n) is 15.5. The molecule has 0 spiro atoms. The molecule has 29 heavy (non-hydrogen) atoms. The molecule has 3 aromatic heterocycles. The highest BCUT2D eigenvalue weighted by molar-refractivity contribution is 6.31. The van der Waals surface area contributed by atoms with E-state index in [-0.39, 0.29) is 23.7 Å². The molecule has 0 radical (unpaired) electrons. The van der Waals surface area contributed by atoms with Gasteiger partial charge >= 0.3 is 0 Å². The minimum atomic E-state index is -0.331. The van der Waals surface area contributed by atoms with Crippen LogP contribution in [0.5, 0.6) is 0 Å². The fourth-order valence-electron chi connectivity index (χ4n) is 3.01. The molecule has 0 aliphatic heterocycles. The Balaban J connectivity index is 1.62. The van der Waals surface area contributed by atoms with E-state index in [4.69, 9.17) is 20.5 Å². The van der Waals surface area contributed by atoms with Gasteiger partial charge in [-0.15, -0.1) is 0 Å². The van der Waals surface area contributed by atoms with Crippen LogP contribution in [0, 0.1) is 0 Å². The van der Waals surface area contributed by atoms with E-state index >= 15 is 0 Å². The van der Waals surface area contributed by atoms with Crippen LogP contribution in [-0.4, -0.2) is 32.5 Å². The van der Waals surface area contributed by atoms with Crippen LogP contribution in [0.4, 0.5) is 0 Å². The first-order chi connectivity index (χ1) is 14.0. The van der Waals surface area contributed by atoms with Crippen LogP contribution < -0.4 is 5.56 Å². The van der Waals surface area contributed by atoms with Crippen molar-refractivity contribution in [1.29, 1.82) is 0 Å². The van der Waals surface area contributed by atoms with Crippen molar-refractivity contribution >= 4 is 28.4 Å². The van der Waals surface area contributed by atoms with Gasteiger partial charge in [0.15, 0.2) is 11.5 Å². The molecule has 3 heterocycles. The fraction of sp³-hybridized carbons (Fsp3) is 0.200. The molecule has 4 rings (SSSR count). The predicted molar refractivity (Wildman–Crippen MR) is 107 cm³/mol. The Morgan fingerprint density at radius 2 is 2.10 bits per heavy atom. The molecule has 1 aromatic carbocycles. The van der Waals surface area contributed by atoms with Gasteiger partial charge in [-0.05, 0) is 36.8 Å². The van der Waals surface area contributed by atoms with Gasteiger partial charge < -0.3 is 18.8 Å². The van der Waals surface area contributed by atoms with Crippen LogP contribution in [0.25, 0.3) is 22.4 Å². The summed E-state index contributed by atoms with van der Waals surface area (Å²) in [6.07, 6.45) is 2.23. The predicted octanol–water partition coefficient (Wildman–Crippen LogP) is 3.88. The molecule has 148 valence electrons. The molecule has 0 aliphatic carbocycles. The van der Waals surface area contributed by atoms with E-state index in [9.17, 15) is 9.59 Å². The van der Waals surface area contributed by atoms with Crippen LogP contribution >= 0.6 is 11.6 Å². The summed E-state index contributed by atoms with van der Waals surface area (Å²) in [5.74, 6) is 0.876. The Kier molecular flexibility index (Phi) is 5.18. The number of carbonyl (C=O) groups excluding carboxylic acids is 1. The molecule has 4 aromatic rings. The van der Waals surface area contributed by atoms with Gasteiger partial charge in [-0.1, -0.05) is 23.7 Å². The summed E-state index contributed by atoms with van der Waals surface area (Å²) in [6.45, 7) is 2.53. The molecule has 0 fully saturated rings. The normalized spacial score (nSPS) is 11.1. The minimum absolute atomic E-state index is 0.118. The number of H-pyrrole nitrogens is 1. The molecule has 0 saturated carbocycles. The van der Waals surface area contributed by atoms with Crippen LogP contribution in [-0.2, 0) is 6.54 Å². The Hall–Kier alpha value is -3.39. The smallest absolute Gasteiger partial charge is 0.276 e. The molecule has 0 aliphatic rings. The van der Waals surface area contributed by atoms with E-state index in [2.05, 4.69) is 15.1 Å². The molecule has 0 saturated heterocycles. The van der Waals surface area contributed by atoms with Crippen LogP contribution in [0.15, 0.2) is 56.4 Å². The Labute approximate surface area is 170 Å². The number of amides is 1. The summed E-state index contributed by atoms with van der Waals surface area (Å²) in [4.78, 5) is 34.0. The maximum atomic E-state index is 13.0. The standard InChI is InChI=1S/C20H17ClN4O4/c1-2-7-25(20(27)15-10-17(29-24-15)16-4-3-8-28-16)11-18-22-14-9-12(21)5-6-13(14)19(26)23-18/h3-6,8-10H,2,7,11H2,1H3,(H,22,23,26). The Bertz CT molecular complexity index is 1210. The third-order valence-corrected chi connectivity index (χ3v) is 4.57. The van der Waals surface area contributed by atoms with Crippen molar-refractivity contribution in [2.75, 3.05) is 6.54 Å². The lowest BCUT2D eigenvalue weighted by Gasteiger charge is -2.20. The maximum absolute atomic E-state index is 13.0. The number of halogens is 1. The van der Waals surface area contributed by atoms with Crippen molar-refractivity contribution in [2.45, 2.75) is 19.9 Å². The van der Waals surface area contributed by atoms with Crippen LogP contribution in [0.1, 0.15) is 29.7 Å². The van der Waals surface area contributed by atoms with Crippen molar-refractivity contribution in [3.8, 4) is 11.5 Å². The average molecular weight is 413 g/mol. The quantitative estimate of drug-likeness (QED) is 0.515. The second-order valence-corrected chi connectivity index (χ2v) is 6.89. The average Bonchev–Trinajstić information content (AvgIpc) is 3.38. The first-order valence-corrected chi connectivity index (χ1v) is 9.41. The van der Waals surface area contributed by atoms with Crippen molar-refractivity contribution in [3.63, 3.8) is 0 Å². The molecular formula is C20H17ClN4O4. The number of carbonyl (C=O) groups is 1. The van der Waals surface area contributed by atoms with Gasteiger partial charge in [0.25, 0.3) is 11.5 Å². The zero-order valence-corrected chi connectivity index (χ0v) is 16.3. The molecule has 9 heteroatoms. The fourth-order valence-corrected chi connectivity index (χ4v) is 3.18. The number of fused-ring (bicyclic) bond motifs is 1. The summed E-state index contributed by atoms with van der Waals surface area (Å²) in [5.41, 5.74) is 0.338. The van der Waals surface area contributed by atoms with Gasteiger partial charge in [0.2, 0.25) is 5.76 Å². The molecule has 0 bridgehead atoms. The van der Waals surface area contributed by atoms with Crippen LogP contribution in [0.2, 0.25) is 5.02 Å². The summed E-state index contributed by atoms with van der Waals surface area (Å²) >= 11 is 6.01. The largest absolute Gasteiger partial charge is 0.461 e. The molecule has 8 nitrogen and oxygen atoms in total. The van der Waals surface area contributed by atoms with Gasteiger partial charge in [0, 0.05) is 17.6 Å². The number of rotatable bonds is 6. The second kappa shape index (κ2) is 7.92. The van der Waals surface area contributed by atoms with Crippen molar-refractivity contribution in [3.05, 3.63) is 69.6 Å². The molecule has 1 N–H and O–H groups in total. The number of nitrogens with one attached hydrogen (secondary N) is 1. The van der Waals surface area contributed by atoms with Gasteiger partial charge in [0.05, 0.1) is 23.7 Å². The van der Waals surface area contributed by atoms with E-state index in [1.807, 2.05) is 6.92 Å². The number of aromatic nitrogens is 3. The topological polar surface area (TPSA) is 105 Å². The summed E-state index contributed by atoms with van der Waals surface area (Å²) < 4.78 is 10.5. The SMILES string of the molecule is CCCN(Cc1nc2cc(Cl)ccc2c(=O)[nH]1)C(=O)c1cc(-c2ccco2)on1. The van der Waals surface area contributed by atoms with Crippen LogP contribution in [0.3, 0.4) is 0 Å². The molecule has 0 atom stereocenters. The summed E-state index contributed by atoms with van der Waals surface area (Å²) in [6, 6.07) is 9.83. The zero-order chi connectivity index (χ0) is 20.4. The highest BCUT2D eigenvalue weighted by Crippen LogP contribution is 2.22. The minimum Gasteiger partial charge on any atom is -0.461 e. The van der Waals surface area contributed by atoms with Crippen molar-refractivity contribution < 1.29 is 13.7 Å². The van der Waals surface area contributed by atoms with Gasteiger partial charge in [0.1, 0.15) is 5.82 Å². The summed E-state index contributed by atoms with van der Waals surface area (Å²) in [7, 11) is 0. The number of furan rings is 1. The first-order valence-electron chi connectivity index (χ1n) is 9.03. The van der Waals surface area contributed by atoms with E-state index in [0.29, 0.717) is 39.8 Å². The van der Waals surface area contributed by atoms with Gasteiger partial charge in [-0.25, -0.2) is 4.98 Å². The van der Waals surface area contributed by atoms with Gasteiger partial charge in [-0.2, -0.15) is 0 Å². The number of benzene rings is 1. The van der Waals surface area contributed by atoms with E-state index in [0.717, 1.165) is 6.42 Å². The molecular weight excluding hydrogens is 396 g/mol. The van der Waals surface area contributed by atoms with E-state index < -0.39 is 0 Å². The number of hydrogen-bond acceptors (Lipinski definition) is 6. The highest BCUT2D eigenvalue weighted by atomic mass is 35.5. The lowest BCUT2D eigenvalue weighted by molar-refractivity contribution is 0.0728. The molecule has 1 amide bonds. The first kappa shape index (κ1) is 18.9. The van der Waals surface area contributed by atoms with Gasteiger partial charge in [-0.3, -0.25) is 9.59 Å². The van der Waals surface area contributed by atoms with Crippen molar-refractivity contribution in [1.82, 2.24) is 20.0 Å². The van der Waals surface area contributed by atoms with Crippen molar-refractivity contribution in [2.24, 2.45) is 0 Å². The monoisotopic (exact) mass is 412 g/mol. The summed E-state index contributed by atoms with van der Waals surface area (Å²) in [5, 5.41) is 4.78. The Morgan fingerprint density at radius 3 is 2.86 bits per heavy atom. The van der Waals surface area contributed by atoms with E-state index in [1.165, 1.54) is 12.3 Å². The number of nitrogens with zero attached hydrogens (tertiary/aromatic N) is 3. The molecule has 0 unspecified atom stereocenters. The number of hydrogen-bond donors (Lipinski definition) is 1. The maximum Gasteiger partial charge on any atom is 0.276 e. The second-order valence-electron chi connectivity index (χ2n) is 6.45. The number of aromatic amines is 1.